The highest BCUT2D eigenvalue weighted by Gasteiger charge is 2.21. The number of rotatable bonds is 9. The molecule has 7 heteroatoms. The lowest BCUT2D eigenvalue weighted by Gasteiger charge is -2.18. The highest BCUT2D eigenvalue weighted by atomic mass is 32.2. The second-order valence-corrected chi connectivity index (χ2v) is 7.87. The number of anilines is 1. The number of aliphatic carboxylic acids is 1. The lowest BCUT2D eigenvalue weighted by molar-refractivity contribution is -0.671. The minimum absolute atomic E-state index is 0.0231. The number of ketones is 1. The van der Waals surface area contributed by atoms with Gasteiger partial charge < -0.3 is 15.7 Å². The summed E-state index contributed by atoms with van der Waals surface area (Å²) in [6.45, 7) is 0. The first-order chi connectivity index (χ1) is 12.8. The highest BCUT2D eigenvalue weighted by Crippen LogP contribution is 2.33. The smallest absolute Gasteiger partial charge is 0.321 e. The third kappa shape index (κ3) is 6.08. The van der Waals surface area contributed by atoms with Gasteiger partial charge in [0.1, 0.15) is 13.1 Å². The molecule has 144 valence electrons. The van der Waals surface area contributed by atoms with Gasteiger partial charge in [-0.25, -0.2) is 4.57 Å². The first-order valence-corrected chi connectivity index (χ1v) is 9.68. The fourth-order valence-electron chi connectivity index (χ4n) is 2.52. The Kier molecular flexibility index (Phi) is 7.38. The number of pyridine rings is 1. The number of carboxylic acid groups (broad SMARTS) is 1. The molecule has 2 aromatic rings. The first-order valence-electron chi connectivity index (χ1n) is 8.63. The van der Waals surface area contributed by atoms with E-state index < -0.39 is 12.0 Å². The molecule has 0 amide bonds. The summed E-state index contributed by atoms with van der Waals surface area (Å²) in [7, 11) is 5.82. The van der Waals surface area contributed by atoms with Crippen LogP contribution in [-0.4, -0.2) is 42.7 Å². The van der Waals surface area contributed by atoms with Gasteiger partial charge in [0.15, 0.2) is 18.2 Å². The van der Waals surface area contributed by atoms with Gasteiger partial charge in [-0.05, 0) is 29.8 Å². The summed E-state index contributed by atoms with van der Waals surface area (Å²) >= 11 is 1.40. The zero-order valence-electron chi connectivity index (χ0n) is 15.8. The fraction of sp³-hybridized carbons (Fsp3) is 0.350. The molecular formula is C20H26N3O3S+. The number of hydrogen-bond acceptors (Lipinski definition) is 5. The molecule has 0 bridgehead atoms. The largest absolute Gasteiger partial charge is 0.480 e. The van der Waals surface area contributed by atoms with E-state index in [9.17, 15) is 9.59 Å². The summed E-state index contributed by atoms with van der Waals surface area (Å²) in [4.78, 5) is 25.8. The minimum Gasteiger partial charge on any atom is -0.480 e. The van der Waals surface area contributed by atoms with Crippen LogP contribution < -0.4 is 15.2 Å². The average Bonchev–Trinajstić information content (AvgIpc) is 2.65. The number of thioether (sulfide) groups is 1. The third-order valence-electron chi connectivity index (χ3n) is 4.25. The first kappa shape index (κ1) is 20.9. The molecule has 0 aliphatic carbocycles. The average molecular weight is 389 g/mol. The maximum absolute atomic E-state index is 12.8. The number of aryl methyl sites for hydroxylation is 1. The molecule has 0 spiro atoms. The van der Waals surface area contributed by atoms with Crippen molar-refractivity contribution in [1.29, 1.82) is 0 Å². The Bertz CT molecular complexity index is 776. The normalized spacial score (nSPS) is 13.0. The van der Waals surface area contributed by atoms with Gasteiger partial charge in [-0.3, -0.25) is 9.59 Å². The Balaban J connectivity index is 2.15. The number of carbonyl (C=O) groups excluding carboxylic acids is 1. The molecule has 0 radical (unpaired) electrons. The van der Waals surface area contributed by atoms with Crippen molar-refractivity contribution in [3.05, 3.63) is 59.9 Å². The number of Topliss-reactive ketones (excluding diaryl/α,β-unsaturated/α-hetero) is 1. The van der Waals surface area contributed by atoms with E-state index in [-0.39, 0.29) is 23.2 Å². The molecular weight excluding hydrogens is 362 g/mol. The summed E-state index contributed by atoms with van der Waals surface area (Å²) in [6.07, 6.45) is 4.11. The van der Waals surface area contributed by atoms with Crippen LogP contribution >= 0.6 is 11.8 Å². The molecule has 1 heterocycles. The minimum atomic E-state index is -1.04. The van der Waals surface area contributed by atoms with Gasteiger partial charge in [-0.15, -0.1) is 0 Å². The van der Waals surface area contributed by atoms with E-state index in [1.54, 1.807) is 0 Å². The van der Waals surface area contributed by atoms with E-state index in [1.807, 2.05) is 79.4 Å². The molecule has 0 aliphatic rings. The van der Waals surface area contributed by atoms with Crippen LogP contribution in [0.15, 0.2) is 48.8 Å². The van der Waals surface area contributed by atoms with Crippen molar-refractivity contribution in [3.8, 4) is 0 Å². The van der Waals surface area contributed by atoms with E-state index >= 15 is 0 Å². The maximum atomic E-state index is 12.8. The van der Waals surface area contributed by atoms with Gasteiger partial charge in [0.2, 0.25) is 0 Å². The van der Waals surface area contributed by atoms with Crippen LogP contribution in [0.2, 0.25) is 0 Å². The van der Waals surface area contributed by atoms with Crippen molar-refractivity contribution in [2.24, 2.45) is 12.8 Å². The molecule has 2 unspecified atom stereocenters. The van der Waals surface area contributed by atoms with E-state index in [0.717, 1.165) is 11.3 Å². The molecule has 0 saturated heterocycles. The predicted octanol–water partition coefficient (Wildman–Crippen LogP) is 2.04. The number of carbonyl (C=O) groups is 2. The van der Waals surface area contributed by atoms with Gasteiger partial charge >= 0.3 is 5.97 Å². The van der Waals surface area contributed by atoms with Crippen molar-refractivity contribution in [2.75, 3.05) is 24.7 Å². The summed E-state index contributed by atoms with van der Waals surface area (Å²) in [5.74, 6) is -0.769. The monoisotopic (exact) mass is 388 g/mol. The molecule has 0 fully saturated rings. The van der Waals surface area contributed by atoms with Crippen LogP contribution in [-0.2, 0) is 11.8 Å². The van der Waals surface area contributed by atoms with Gasteiger partial charge in [-0.1, -0.05) is 0 Å². The van der Waals surface area contributed by atoms with Crippen molar-refractivity contribution >= 4 is 29.2 Å². The molecule has 6 nitrogen and oxygen atoms in total. The van der Waals surface area contributed by atoms with Crippen LogP contribution in [0.1, 0.15) is 27.6 Å². The third-order valence-corrected chi connectivity index (χ3v) is 5.64. The number of nitrogens with zero attached hydrogens (tertiary/aromatic N) is 2. The molecule has 2 atom stereocenters. The van der Waals surface area contributed by atoms with E-state index in [2.05, 4.69) is 0 Å². The number of carboxylic acids is 1. The Morgan fingerprint density at radius 3 is 2.26 bits per heavy atom. The quantitative estimate of drug-likeness (QED) is 0.505. The van der Waals surface area contributed by atoms with E-state index in [1.165, 1.54) is 11.8 Å². The SMILES string of the molecule is CN(C)c1ccc(C(=O)CC(SCC(N)C(=O)O)c2cc[n+](C)cc2)cc1. The Hall–Kier alpha value is -2.38. The highest BCUT2D eigenvalue weighted by molar-refractivity contribution is 7.99. The standard InChI is InChI=1S/C20H25N3O3S/c1-22(2)16-6-4-14(5-7-16)18(24)12-19(27-13-17(21)20(25)26)15-8-10-23(3)11-9-15/h4-11,17,19H,12-13,21H2,1-3H3/p+1. The van der Waals surface area contributed by atoms with Crippen LogP contribution in [0, 0.1) is 0 Å². The summed E-state index contributed by atoms with van der Waals surface area (Å²) in [5, 5.41) is 8.86. The van der Waals surface area contributed by atoms with Crippen molar-refractivity contribution in [3.63, 3.8) is 0 Å². The van der Waals surface area contributed by atoms with Gasteiger partial charge in [0.05, 0.1) is 0 Å². The molecule has 1 aromatic heterocycles. The summed E-state index contributed by atoms with van der Waals surface area (Å²) in [6, 6.07) is 10.4. The number of nitrogens with two attached hydrogens (primary N) is 1. The lowest BCUT2D eigenvalue weighted by atomic mass is 10.0. The summed E-state index contributed by atoms with van der Waals surface area (Å²) in [5.41, 5.74) is 8.30. The number of aromatic nitrogens is 1. The zero-order valence-corrected chi connectivity index (χ0v) is 16.6. The zero-order chi connectivity index (χ0) is 20.0. The topological polar surface area (TPSA) is 87.5 Å². The molecule has 0 saturated carbocycles. The van der Waals surface area contributed by atoms with Crippen molar-refractivity contribution in [2.45, 2.75) is 17.7 Å². The van der Waals surface area contributed by atoms with Gasteiger partial charge in [-0.2, -0.15) is 11.8 Å². The van der Waals surface area contributed by atoms with Crippen LogP contribution in [0.4, 0.5) is 5.69 Å². The molecule has 3 N–H and O–H groups in total. The van der Waals surface area contributed by atoms with Crippen molar-refractivity contribution in [1.82, 2.24) is 0 Å². The molecule has 0 aliphatic heterocycles. The lowest BCUT2D eigenvalue weighted by Crippen LogP contribution is -2.33. The Labute approximate surface area is 164 Å². The number of benzene rings is 1. The Morgan fingerprint density at radius 1 is 1.15 bits per heavy atom. The summed E-state index contributed by atoms with van der Waals surface area (Å²) < 4.78 is 1.91. The molecule has 27 heavy (non-hydrogen) atoms. The fourth-order valence-corrected chi connectivity index (χ4v) is 3.72. The second-order valence-electron chi connectivity index (χ2n) is 6.63. The van der Waals surface area contributed by atoms with Crippen LogP contribution in [0.3, 0.4) is 0 Å². The Morgan fingerprint density at radius 2 is 1.74 bits per heavy atom. The van der Waals surface area contributed by atoms with Gasteiger partial charge in [0.25, 0.3) is 0 Å². The number of hydrogen-bond donors (Lipinski definition) is 2. The molecule has 1 aromatic carbocycles. The van der Waals surface area contributed by atoms with Crippen molar-refractivity contribution < 1.29 is 19.3 Å². The van der Waals surface area contributed by atoms with Crippen LogP contribution in [0.25, 0.3) is 0 Å². The molecule has 2 rings (SSSR count). The second kappa shape index (κ2) is 9.53. The maximum Gasteiger partial charge on any atom is 0.321 e. The van der Waals surface area contributed by atoms with Crippen LogP contribution in [0.5, 0.6) is 0 Å². The van der Waals surface area contributed by atoms with Gasteiger partial charge in [0, 0.05) is 54.9 Å². The predicted molar refractivity (Wildman–Crippen MR) is 108 cm³/mol. The van der Waals surface area contributed by atoms with E-state index in [0.29, 0.717) is 5.56 Å². The van der Waals surface area contributed by atoms with E-state index in [4.69, 9.17) is 10.8 Å².